The zero-order valence-electron chi connectivity index (χ0n) is 9.50. The molecule has 0 unspecified atom stereocenters. The van der Waals surface area contributed by atoms with Gasteiger partial charge in [0.25, 0.3) is 5.91 Å². The predicted octanol–water partition coefficient (Wildman–Crippen LogP) is 2.17. The summed E-state index contributed by atoms with van der Waals surface area (Å²) >= 11 is 6.66. The van der Waals surface area contributed by atoms with Gasteiger partial charge in [0.15, 0.2) is 0 Å². The third-order valence-corrected chi connectivity index (χ3v) is 3.34. The lowest BCUT2D eigenvalue weighted by molar-refractivity contribution is 0.0783. The fourth-order valence-electron chi connectivity index (χ4n) is 1.43. The van der Waals surface area contributed by atoms with Crippen molar-refractivity contribution in [2.75, 3.05) is 7.05 Å². The fraction of sp³-hybridized carbons (Fsp3) is 0.182. The Morgan fingerprint density at radius 3 is 2.78 bits per heavy atom. The Hall–Kier alpha value is -1.66. The summed E-state index contributed by atoms with van der Waals surface area (Å²) in [5, 5.41) is 17.1. The van der Waals surface area contributed by atoms with Gasteiger partial charge in [-0.05, 0) is 17.7 Å². The van der Waals surface area contributed by atoms with Gasteiger partial charge in [-0.25, -0.2) is 0 Å². The molecule has 94 valence electrons. The number of carbonyl (C=O) groups excluding carboxylic acids is 1. The van der Waals surface area contributed by atoms with Crippen LogP contribution in [0.2, 0.25) is 4.47 Å². The molecule has 7 heteroatoms. The van der Waals surface area contributed by atoms with Gasteiger partial charge in [0, 0.05) is 19.2 Å². The van der Waals surface area contributed by atoms with E-state index in [-0.39, 0.29) is 21.1 Å². The molecule has 1 aromatic heterocycles. The maximum absolute atomic E-state index is 12.0. The van der Waals surface area contributed by atoms with Gasteiger partial charge in [0.1, 0.15) is 5.75 Å². The van der Waals surface area contributed by atoms with Crippen LogP contribution in [0, 0.1) is 0 Å². The standard InChI is InChI=1S/C11H10ClN3O2S/c1-15(6-7-4-2-3-5-8(7)16)10(17)9-13-14-11(12)18-9/h2-5,16H,6H2,1H3. The molecular weight excluding hydrogens is 274 g/mol. The minimum Gasteiger partial charge on any atom is -0.508 e. The van der Waals surface area contributed by atoms with Gasteiger partial charge in [0.05, 0.1) is 0 Å². The van der Waals surface area contributed by atoms with Gasteiger partial charge >= 0.3 is 0 Å². The highest BCUT2D eigenvalue weighted by Gasteiger charge is 2.17. The second-order valence-corrected chi connectivity index (χ2v) is 5.21. The van der Waals surface area contributed by atoms with Gasteiger partial charge in [-0.2, -0.15) is 0 Å². The van der Waals surface area contributed by atoms with Crippen molar-refractivity contribution in [1.29, 1.82) is 0 Å². The molecule has 0 bridgehead atoms. The summed E-state index contributed by atoms with van der Waals surface area (Å²) in [7, 11) is 1.63. The van der Waals surface area contributed by atoms with E-state index in [1.165, 1.54) is 4.90 Å². The smallest absolute Gasteiger partial charge is 0.284 e. The Balaban J connectivity index is 2.11. The van der Waals surface area contributed by atoms with E-state index in [0.29, 0.717) is 12.1 Å². The number of amides is 1. The molecule has 1 N–H and O–H groups in total. The van der Waals surface area contributed by atoms with Crippen molar-refractivity contribution in [3.63, 3.8) is 0 Å². The van der Waals surface area contributed by atoms with Crippen LogP contribution in [0.3, 0.4) is 0 Å². The normalized spacial score (nSPS) is 10.3. The minimum atomic E-state index is -0.275. The lowest BCUT2D eigenvalue weighted by Gasteiger charge is -2.16. The number of para-hydroxylation sites is 1. The number of phenols is 1. The summed E-state index contributed by atoms with van der Waals surface area (Å²) in [6, 6.07) is 6.86. The lowest BCUT2D eigenvalue weighted by atomic mass is 10.2. The Kier molecular flexibility index (Phi) is 3.78. The third kappa shape index (κ3) is 2.77. The molecule has 0 saturated heterocycles. The maximum atomic E-state index is 12.0. The number of hydrogen-bond acceptors (Lipinski definition) is 5. The number of halogens is 1. The number of aromatic nitrogens is 2. The number of hydrogen-bond donors (Lipinski definition) is 1. The number of phenolic OH excluding ortho intramolecular Hbond substituents is 1. The molecule has 0 saturated carbocycles. The Labute approximate surface area is 113 Å². The molecule has 1 heterocycles. The predicted molar refractivity (Wildman–Crippen MR) is 68.8 cm³/mol. The monoisotopic (exact) mass is 283 g/mol. The number of aromatic hydroxyl groups is 1. The average Bonchev–Trinajstić information content (AvgIpc) is 2.78. The third-order valence-electron chi connectivity index (χ3n) is 2.33. The van der Waals surface area contributed by atoms with Crippen molar-refractivity contribution >= 4 is 28.8 Å². The summed E-state index contributed by atoms with van der Waals surface area (Å²) in [6.07, 6.45) is 0. The van der Waals surface area contributed by atoms with Crippen molar-refractivity contribution in [3.8, 4) is 5.75 Å². The Morgan fingerprint density at radius 2 is 2.17 bits per heavy atom. The fourth-order valence-corrected chi connectivity index (χ4v) is 2.25. The highest BCUT2D eigenvalue weighted by molar-refractivity contribution is 7.17. The highest BCUT2D eigenvalue weighted by atomic mass is 35.5. The van der Waals surface area contributed by atoms with Crippen molar-refractivity contribution in [1.82, 2.24) is 15.1 Å². The van der Waals surface area contributed by atoms with E-state index in [9.17, 15) is 9.90 Å². The zero-order valence-corrected chi connectivity index (χ0v) is 11.1. The molecule has 1 aromatic carbocycles. The molecule has 1 amide bonds. The first-order valence-corrected chi connectivity index (χ1v) is 6.28. The van der Waals surface area contributed by atoms with Gasteiger partial charge in [-0.15, -0.1) is 10.2 Å². The van der Waals surface area contributed by atoms with Crippen molar-refractivity contribution in [2.24, 2.45) is 0 Å². The lowest BCUT2D eigenvalue weighted by Crippen LogP contribution is -2.26. The first-order chi connectivity index (χ1) is 8.58. The Morgan fingerprint density at radius 1 is 1.44 bits per heavy atom. The summed E-state index contributed by atoms with van der Waals surface area (Å²) in [6.45, 7) is 0.294. The maximum Gasteiger partial charge on any atom is 0.284 e. The van der Waals surface area contributed by atoms with Crippen LogP contribution in [0.1, 0.15) is 15.4 Å². The summed E-state index contributed by atoms with van der Waals surface area (Å²) < 4.78 is 0.231. The van der Waals surface area contributed by atoms with E-state index in [1.54, 1.807) is 31.3 Å². The largest absolute Gasteiger partial charge is 0.508 e. The van der Waals surface area contributed by atoms with Crippen LogP contribution in [0.25, 0.3) is 0 Å². The van der Waals surface area contributed by atoms with E-state index >= 15 is 0 Å². The van der Waals surface area contributed by atoms with Crippen LogP contribution in [-0.2, 0) is 6.54 Å². The number of carbonyl (C=O) groups is 1. The van der Waals surface area contributed by atoms with Crippen LogP contribution in [-0.4, -0.2) is 33.2 Å². The van der Waals surface area contributed by atoms with Gasteiger partial charge < -0.3 is 10.0 Å². The number of nitrogens with zero attached hydrogens (tertiary/aromatic N) is 3. The molecule has 0 atom stereocenters. The van der Waals surface area contributed by atoms with Crippen LogP contribution < -0.4 is 0 Å². The molecule has 0 aliphatic rings. The van der Waals surface area contributed by atoms with Crippen molar-refractivity contribution in [3.05, 3.63) is 39.3 Å². The minimum absolute atomic E-state index is 0.160. The Bertz CT molecular complexity index is 573. The molecule has 0 aliphatic heterocycles. The van der Waals surface area contributed by atoms with Crippen LogP contribution >= 0.6 is 22.9 Å². The molecule has 2 rings (SSSR count). The van der Waals surface area contributed by atoms with Crippen LogP contribution in [0.4, 0.5) is 0 Å². The quantitative estimate of drug-likeness (QED) is 0.937. The van der Waals surface area contributed by atoms with E-state index in [1.807, 2.05) is 0 Å². The highest BCUT2D eigenvalue weighted by Crippen LogP contribution is 2.20. The molecule has 18 heavy (non-hydrogen) atoms. The molecule has 0 radical (unpaired) electrons. The van der Waals surface area contributed by atoms with Gasteiger partial charge in [-0.3, -0.25) is 4.79 Å². The second-order valence-electron chi connectivity index (χ2n) is 3.65. The van der Waals surface area contributed by atoms with Gasteiger partial charge in [0.2, 0.25) is 9.47 Å². The average molecular weight is 284 g/mol. The van der Waals surface area contributed by atoms with Crippen LogP contribution in [0.15, 0.2) is 24.3 Å². The van der Waals surface area contributed by atoms with Crippen molar-refractivity contribution < 1.29 is 9.90 Å². The van der Waals surface area contributed by atoms with Crippen molar-refractivity contribution in [2.45, 2.75) is 6.54 Å². The van der Waals surface area contributed by atoms with Crippen LogP contribution in [0.5, 0.6) is 5.75 Å². The summed E-state index contributed by atoms with van der Waals surface area (Å²) in [5.41, 5.74) is 0.670. The molecule has 2 aromatic rings. The summed E-state index contributed by atoms with van der Waals surface area (Å²) in [4.78, 5) is 13.4. The van der Waals surface area contributed by atoms with Gasteiger partial charge in [-0.1, -0.05) is 29.5 Å². The molecule has 5 nitrogen and oxygen atoms in total. The number of benzene rings is 1. The molecule has 0 aliphatic carbocycles. The summed E-state index contributed by atoms with van der Waals surface area (Å²) in [5.74, 6) is -0.116. The molecular formula is C11H10ClN3O2S. The molecule has 0 spiro atoms. The second kappa shape index (κ2) is 5.32. The van der Waals surface area contributed by atoms with E-state index in [0.717, 1.165) is 11.3 Å². The zero-order chi connectivity index (χ0) is 13.1. The topological polar surface area (TPSA) is 66.3 Å². The number of rotatable bonds is 3. The SMILES string of the molecule is CN(Cc1ccccc1O)C(=O)c1nnc(Cl)s1. The first kappa shape index (κ1) is 12.8. The molecule has 0 fully saturated rings. The first-order valence-electron chi connectivity index (χ1n) is 5.09. The van der Waals surface area contributed by atoms with E-state index < -0.39 is 0 Å². The van der Waals surface area contributed by atoms with E-state index in [2.05, 4.69) is 10.2 Å². The van der Waals surface area contributed by atoms with E-state index in [4.69, 9.17) is 11.6 Å².